The van der Waals surface area contributed by atoms with Crippen LogP contribution in [0.25, 0.3) is 0 Å². The van der Waals surface area contributed by atoms with E-state index >= 15 is 0 Å². The Hall–Kier alpha value is -1.54. The Morgan fingerprint density at radius 1 is 1.12 bits per heavy atom. The molecular formula is C13H13ClN2. The largest absolute Gasteiger partial charge is 0.329 e. The van der Waals surface area contributed by atoms with Crippen LogP contribution in [0.2, 0.25) is 5.15 Å². The van der Waals surface area contributed by atoms with Crippen molar-refractivity contribution < 1.29 is 0 Å². The summed E-state index contributed by atoms with van der Waals surface area (Å²) < 4.78 is 0. The Labute approximate surface area is 101 Å². The predicted octanol–water partition coefficient (Wildman–Crippen LogP) is 3.81. The lowest BCUT2D eigenvalue weighted by molar-refractivity contribution is 1.12. The predicted molar refractivity (Wildman–Crippen MR) is 68.5 cm³/mol. The zero-order valence-electron chi connectivity index (χ0n) is 9.31. The molecule has 0 aliphatic heterocycles. The highest BCUT2D eigenvalue weighted by atomic mass is 35.5. The third-order valence-electron chi connectivity index (χ3n) is 2.41. The summed E-state index contributed by atoms with van der Waals surface area (Å²) in [7, 11) is 1.98. The molecule has 0 fully saturated rings. The fraction of sp³-hybridized carbons (Fsp3) is 0.154. The zero-order valence-corrected chi connectivity index (χ0v) is 10.1. The number of hydrogen-bond acceptors (Lipinski definition) is 2. The molecule has 2 nitrogen and oxygen atoms in total. The van der Waals surface area contributed by atoms with Gasteiger partial charge in [0.2, 0.25) is 0 Å². The van der Waals surface area contributed by atoms with Crippen molar-refractivity contribution in [2.24, 2.45) is 0 Å². The number of pyridine rings is 1. The van der Waals surface area contributed by atoms with E-state index in [-0.39, 0.29) is 0 Å². The second-order valence-electron chi connectivity index (χ2n) is 3.72. The second-order valence-corrected chi connectivity index (χ2v) is 4.11. The lowest BCUT2D eigenvalue weighted by atomic mass is 10.2. The van der Waals surface area contributed by atoms with Gasteiger partial charge >= 0.3 is 0 Å². The summed E-state index contributed by atoms with van der Waals surface area (Å²) in [6.45, 7) is 2.01. The molecule has 0 N–H and O–H groups in total. The first kappa shape index (κ1) is 11.0. The van der Waals surface area contributed by atoms with Gasteiger partial charge in [0.25, 0.3) is 0 Å². The number of nitrogens with zero attached hydrogens (tertiary/aromatic N) is 2. The van der Waals surface area contributed by atoms with Gasteiger partial charge in [-0.2, -0.15) is 0 Å². The van der Waals surface area contributed by atoms with E-state index in [0.29, 0.717) is 5.15 Å². The molecule has 3 heteroatoms. The van der Waals surface area contributed by atoms with Crippen LogP contribution in [0.5, 0.6) is 0 Å². The topological polar surface area (TPSA) is 16.1 Å². The third-order valence-corrected chi connectivity index (χ3v) is 2.61. The smallest absolute Gasteiger partial charge is 0.134 e. The molecule has 1 aromatic carbocycles. The first-order valence-corrected chi connectivity index (χ1v) is 5.47. The Morgan fingerprint density at radius 3 is 2.44 bits per heavy atom. The van der Waals surface area contributed by atoms with Crippen LogP contribution in [0, 0.1) is 6.92 Å². The van der Waals surface area contributed by atoms with E-state index in [9.17, 15) is 0 Å². The highest BCUT2D eigenvalue weighted by molar-refractivity contribution is 6.29. The molecule has 0 saturated heterocycles. The van der Waals surface area contributed by atoms with Gasteiger partial charge in [-0.05, 0) is 36.8 Å². The maximum absolute atomic E-state index is 5.94. The number of anilines is 2. The lowest BCUT2D eigenvalue weighted by Crippen LogP contribution is -2.11. The Kier molecular flexibility index (Phi) is 3.11. The van der Waals surface area contributed by atoms with Crippen molar-refractivity contribution in [2.75, 3.05) is 11.9 Å². The van der Waals surface area contributed by atoms with E-state index in [1.807, 2.05) is 61.3 Å². The van der Waals surface area contributed by atoms with Crippen LogP contribution in [-0.2, 0) is 0 Å². The van der Waals surface area contributed by atoms with Gasteiger partial charge in [0.1, 0.15) is 11.0 Å². The van der Waals surface area contributed by atoms with Gasteiger partial charge < -0.3 is 4.90 Å². The van der Waals surface area contributed by atoms with Crippen LogP contribution in [0.1, 0.15) is 5.56 Å². The molecule has 0 unspecified atom stereocenters. The van der Waals surface area contributed by atoms with Crippen molar-refractivity contribution in [1.82, 2.24) is 4.98 Å². The molecule has 0 radical (unpaired) electrons. The standard InChI is InChI=1S/C13H13ClN2/c1-10-8-12(14)15-13(9-10)16(2)11-6-4-3-5-7-11/h3-9H,1-2H3. The number of rotatable bonds is 2. The van der Waals surface area contributed by atoms with Crippen molar-refractivity contribution in [3.05, 3.63) is 53.2 Å². The van der Waals surface area contributed by atoms with Crippen molar-refractivity contribution in [1.29, 1.82) is 0 Å². The number of para-hydroxylation sites is 1. The van der Waals surface area contributed by atoms with Crippen LogP contribution in [0.3, 0.4) is 0 Å². The van der Waals surface area contributed by atoms with Crippen LogP contribution < -0.4 is 4.90 Å². The summed E-state index contributed by atoms with van der Waals surface area (Å²) in [4.78, 5) is 6.31. The molecule has 1 aromatic heterocycles. The summed E-state index contributed by atoms with van der Waals surface area (Å²) in [5.41, 5.74) is 2.20. The van der Waals surface area contributed by atoms with Gasteiger partial charge in [-0.25, -0.2) is 4.98 Å². The van der Waals surface area contributed by atoms with E-state index in [4.69, 9.17) is 11.6 Å². The van der Waals surface area contributed by atoms with E-state index in [1.54, 1.807) is 0 Å². The van der Waals surface area contributed by atoms with Crippen molar-refractivity contribution >= 4 is 23.1 Å². The first-order valence-electron chi connectivity index (χ1n) is 5.10. The fourth-order valence-electron chi connectivity index (χ4n) is 1.56. The van der Waals surface area contributed by atoms with Gasteiger partial charge in [0, 0.05) is 12.7 Å². The zero-order chi connectivity index (χ0) is 11.5. The van der Waals surface area contributed by atoms with Gasteiger partial charge in [-0.3, -0.25) is 0 Å². The van der Waals surface area contributed by atoms with E-state index < -0.39 is 0 Å². The molecule has 2 rings (SSSR count). The van der Waals surface area contributed by atoms with Crippen molar-refractivity contribution in [3.8, 4) is 0 Å². The highest BCUT2D eigenvalue weighted by Crippen LogP contribution is 2.23. The lowest BCUT2D eigenvalue weighted by Gasteiger charge is -2.18. The molecule has 0 aliphatic rings. The maximum atomic E-state index is 5.94. The Bertz CT molecular complexity index is 462. The Balaban J connectivity index is 2.37. The maximum Gasteiger partial charge on any atom is 0.134 e. The van der Waals surface area contributed by atoms with Crippen LogP contribution in [0.15, 0.2) is 42.5 Å². The number of halogens is 1. The number of aromatic nitrogens is 1. The monoisotopic (exact) mass is 232 g/mol. The van der Waals surface area contributed by atoms with Crippen LogP contribution >= 0.6 is 11.6 Å². The van der Waals surface area contributed by atoms with Gasteiger partial charge in [-0.1, -0.05) is 29.8 Å². The van der Waals surface area contributed by atoms with Crippen LogP contribution in [0.4, 0.5) is 11.5 Å². The molecule has 0 spiro atoms. The number of aryl methyl sites for hydroxylation is 1. The molecular weight excluding hydrogens is 220 g/mol. The molecule has 0 saturated carbocycles. The van der Waals surface area contributed by atoms with Crippen molar-refractivity contribution in [3.63, 3.8) is 0 Å². The normalized spacial score (nSPS) is 10.2. The van der Waals surface area contributed by atoms with Crippen LogP contribution in [-0.4, -0.2) is 12.0 Å². The third kappa shape index (κ3) is 2.34. The summed E-state index contributed by atoms with van der Waals surface area (Å²) in [6, 6.07) is 13.9. The van der Waals surface area contributed by atoms with Gasteiger partial charge in [-0.15, -0.1) is 0 Å². The second kappa shape index (κ2) is 4.54. The minimum atomic E-state index is 0.526. The van der Waals surface area contributed by atoms with E-state index in [0.717, 1.165) is 17.1 Å². The molecule has 0 bridgehead atoms. The summed E-state index contributed by atoms with van der Waals surface area (Å²) in [5.74, 6) is 0.858. The summed E-state index contributed by atoms with van der Waals surface area (Å²) in [5, 5.41) is 0.526. The minimum Gasteiger partial charge on any atom is -0.329 e. The average molecular weight is 233 g/mol. The highest BCUT2D eigenvalue weighted by Gasteiger charge is 2.06. The summed E-state index contributed by atoms with van der Waals surface area (Å²) >= 11 is 5.94. The molecule has 2 aromatic rings. The molecule has 82 valence electrons. The molecule has 0 amide bonds. The molecule has 1 heterocycles. The SMILES string of the molecule is Cc1cc(Cl)nc(N(C)c2ccccc2)c1. The average Bonchev–Trinajstić information content (AvgIpc) is 2.28. The minimum absolute atomic E-state index is 0.526. The van der Waals surface area contributed by atoms with Gasteiger partial charge in [0.15, 0.2) is 0 Å². The summed E-state index contributed by atoms with van der Waals surface area (Å²) in [6.07, 6.45) is 0. The van der Waals surface area contributed by atoms with E-state index in [2.05, 4.69) is 4.98 Å². The van der Waals surface area contributed by atoms with E-state index in [1.165, 1.54) is 0 Å². The number of benzene rings is 1. The fourth-order valence-corrected chi connectivity index (χ4v) is 1.82. The molecule has 16 heavy (non-hydrogen) atoms. The molecule has 0 atom stereocenters. The number of hydrogen-bond donors (Lipinski definition) is 0. The quantitative estimate of drug-likeness (QED) is 0.732. The first-order chi connectivity index (χ1) is 7.66. The van der Waals surface area contributed by atoms with Gasteiger partial charge in [0.05, 0.1) is 0 Å². The Morgan fingerprint density at radius 2 is 1.81 bits per heavy atom. The molecule has 0 aliphatic carbocycles. The van der Waals surface area contributed by atoms with Crippen molar-refractivity contribution in [2.45, 2.75) is 6.92 Å².